The Balaban J connectivity index is 1.90. The summed E-state index contributed by atoms with van der Waals surface area (Å²) < 4.78 is 5.20. The van der Waals surface area contributed by atoms with E-state index >= 15 is 0 Å². The molecule has 0 bridgehead atoms. The lowest BCUT2D eigenvalue weighted by Gasteiger charge is -2.27. The normalized spacial score (nSPS) is 30.4. The minimum absolute atomic E-state index is 0.0245. The SMILES string of the molecule is CC(C)(C)OC(=O)NC(CC(=O)O)C1CC2CC2C1. The summed E-state index contributed by atoms with van der Waals surface area (Å²) >= 11 is 0. The van der Waals surface area contributed by atoms with E-state index in [0.717, 1.165) is 24.7 Å². The number of rotatable bonds is 4. The molecule has 3 atom stereocenters. The number of amides is 1. The predicted octanol–water partition coefficient (Wildman–Crippen LogP) is 2.40. The Labute approximate surface area is 113 Å². The first-order valence-corrected chi connectivity index (χ1v) is 6.96. The first-order chi connectivity index (χ1) is 8.74. The third-order valence-electron chi connectivity index (χ3n) is 3.95. The van der Waals surface area contributed by atoms with Gasteiger partial charge in [-0.1, -0.05) is 0 Å². The van der Waals surface area contributed by atoms with Crippen LogP contribution in [0.2, 0.25) is 0 Å². The maximum atomic E-state index is 11.8. The van der Waals surface area contributed by atoms with Crippen LogP contribution in [-0.2, 0) is 9.53 Å². The molecule has 0 radical (unpaired) electrons. The topological polar surface area (TPSA) is 75.6 Å². The van der Waals surface area contributed by atoms with Crippen LogP contribution in [0.15, 0.2) is 0 Å². The Hall–Kier alpha value is -1.26. The molecule has 0 aromatic heterocycles. The number of hydrogen-bond acceptors (Lipinski definition) is 3. The molecule has 0 aromatic rings. The summed E-state index contributed by atoms with van der Waals surface area (Å²) in [6, 6.07) is -0.305. The van der Waals surface area contributed by atoms with Gasteiger partial charge in [-0.3, -0.25) is 4.79 Å². The van der Waals surface area contributed by atoms with Gasteiger partial charge >= 0.3 is 12.1 Å². The van der Waals surface area contributed by atoms with Crippen molar-refractivity contribution in [3.63, 3.8) is 0 Å². The van der Waals surface area contributed by atoms with Gasteiger partial charge in [0.2, 0.25) is 0 Å². The highest BCUT2D eigenvalue weighted by molar-refractivity contribution is 5.71. The fourth-order valence-corrected chi connectivity index (χ4v) is 3.07. The molecule has 2 N–H and O–H groups in total. The van der Waals surface area contributed by atoms with Gasteiger partial charge in [-0.25, -0.2) is 4.79 Å². The molecular weight excluding hydrogens is 246 g/mol. The Morgan fingerprint density at radius 1 is 1.26 bits per heavy atom. The lowest BCUT2D eigenvalue weighted by molar-refractivity contribution is -0.137. The molecular formula is C14H23NO4. The van der Waals surface area contributed by atoms with Gasteiger partial charge in [-0.2, -0.15) is 0 Å². The second-order valence-electron chi connectivity index (χ2n) is 6.84. The standard InChI is InChI=1S/C14H23NO4/c1-14(2,3)19-13(18)15-11(7-12(16)17)10-5-8-4-9(8)6-10/h8-11H,4-7H2,1-3H3,(H,15,18)(H,16,17). The fraction of sp³-hybridized carbons (Fsp3) is 0.857. The Bertz CT molecular complexity index is 364. The number of alkyl carbamates (subject to hydrolysis) is 1. The van der Waals surface area contributed by atoms with Crippen LogP contribution in [0.25, 0.3) is 0 Å². The summed E-state index contributed by atoms with van der Waals surface area (Å²) in [6.45, 7) is 5.39. The quantitative estimate of drug-likeness (QED) is 0.821. The molecule has 0 saturated heterocycles. The van der Waals surface area contributed by atoms with Gasteiger partial charge in [0.25, 0.3) is 0 Å². The number of carboxylic acid groups (broad SMARTS) is 1. The minimum atomic E-state index is -0.873. The van der Waals surface area contributed by atoms with Crippen molar-refractivity contribution in [2.45, 2.75) is 58.1 Å². The second kappa shape index (κ2) is 5.02. The number of aliphatic carboxylic acids is 1. The van der Waals surface area contributed by atoms with Crippen LogP contribution < -0.4 is 5.32 Å². The molecule has 0 aliphatic heterocycles. The van der Waals surface area contributed by atoms with E-state index in [1.54, 1.807) is 20.8 Å². The summed E-state index contributed by atoms with van der Waals surface area (Å²) in [7, 11) is 0. The Morgan fingerprint density at radius 3 is 2.32 bits per heavy atom. The molecule has 0 aromatic carbocycles. The lowest BCUT2D eigenvalue weighted by atomic mass is 9.92. The van der Waals surface area contributed by atoms with Gasteiger partial charge < -0.3 is 15.2 Å². The summed E-state index contributed by atoms with van der Waals surface area (Å²) in [6.07, 6.45) is 2.82. The van der Waals surface area contributed by atoms with Gasteiger partial charge in [-0.15, -0.1) is 0 Å². The van der Waals surface area contributed by atoms with Crippen LogP contribution in [0, 0.1) is 17.8 Å². The maximum absolute atomic E-state index is 11.8. The van der Waals surface area contributed by atoms with E-state index in [2.05, 4.69) is 5.32 Å². The molecule has 5 nitrogen and oxygen atoms in total. The van der Waals surface area contributed by atoms with Crippen molar-refractivity contribution >= 4 is 12.1 Å². The van der Waals surface area contributed by atoms with Gasteiger partial charge in [0.1, 0.15) is 5.60 Å². The summed E-state index contributed by atoms with van der Waals surface area (Å²) in [5.41, 5.74) is -0.560. The number of carbonyl (C=O) groups excluding carboxylic acids is 1. The molecule has 2 aliphatic carbocycles. The minimum Gasteiger partial charge on any atom is -0.481 e. The van der Waals surface area contributed by atoms with Crippen molar-refractivity contribution in [3.8, 4) is 0 Å². The number of nitrogens with one attached hydrogen (secondary N) is 1. The van der Waals surface area contributed by atoms with Crippen LogP contribution in [0.3, 0.4) is 0 Å². The van der Waals surface area contributed by atoms with Crippen LogP contribution >= 0.6 is 0 Å². The average molecular weight is 269 g/mol. The number of hydrogen-bond donors (Lipinski definition) is 2. The van der Waals surface area contributed by atoms with Gasteiger partial charge in [0, 0.05) is 6.04 Å². The largest absolute Gasteiger partial charge is 0.481 e. The Morgan fingerprint density at radius 2 is 1.84 bits per heavy atom. The van der Waals surface area contributed by atoms with Gasteiger partial charge in [-0.05, 0) is 57.8 Å². The summed E-state index contributed by atoms with van der Waals surface area (Å²) in [5.74, 6) is 0.942. The molecule has 108 valence electrons. The molecule has 3 unspecified atom stereocenters. The molecule has 2 aliphatic rings. The van der Waals surface area contributed by atoms with Crippen LogP contribution in [0.1, 0.15) is 46.5 Å². The van der Waals surface area contributed by atoms with E-state index in [-0.39, 0.29) is 18.4 Å². The highest BCUT2D eigenvalue weighted by Gasteiger charge is 2.48. The van der Waals surface area contributed by atoms with E-state index < -0.39 is 17.7 Å². The molecule has 2 saturated carbocycles. The second-order valence-corrected chi connectivity index (χ2v) is 6.84. The van der Waals surface area contributed by atoms with Crippen LogP contribution in [-0.4, -0.2) is 28.8 Å². The maximum Gasteiger partial charge on any atom is 0.407 e. The van der Waals surface area contributed by atoms with Gasteiger partial charge in [0.15, 0.2) is 0 Å². The average Bonchev–Trinajstić information content (AvgIpc) is 2.81. The monoisotopic (exact) mass is 269 g/mol. The number of fused-ring (bicyclic) bond motifs is 1. The van der Waals surface area contributed by atoms with Crippen molar-refractivity contribution in [1.82, 2.24) is 5.32 Å². The van der Waals surface area contributed by atoms with Crippen molar-refractivity contribution in [2.24, 2.45) is 17.8 Å². The highest BCUT2D eigenvalue weighted by Crippen LogP contribution is 2.55. The predicted molar refractivity (Wildman–Crippen MR) is 69.7 cm³/mol. The molecule has 19 heavy (non-hydrogen) atoms. The first-order valence-electron chi connectivity index (χ1n) is 6.96. The zero-order chi connectivity index (χ0) is 14.2. The van der Waals surface area contributed by atoms with Crippen molar-refractivity contribution in [3.05, 3.63) is 0 Å². The molecule has 2 fully saturated rings. The fourth-order valence-electron chi connectivity index (χ4n) is 3.07. The summed E-state index contributed by atoms with van der Waals surface area (Å²) in [4.78, 5) is 22.7. The van der Waals surface area contributed by atoms with Crippen molar-refractivity contribution < 1.29 is 19.4 Å². The zero-order valence-electron chi connectivity index (χ0n) is 11.8. The molecule has 0 spiro atoms. The lowest BCUT2D eigenvalue weighted by Crippen LogP contribution is -2.44. The highest BCUT2D eigenvalue weighted by atomic mass is 16.6. The number of carboxylic acids is 1. The summed E-state index contributed by atoms with van der Waals surface area (Å²) in [5, 5.41) is 11.7. The van der Waals surface area contributed by atoms with E-state index in [4.69, 9.17) is 9.84 Å². The van der Waals surface area contributed by atoms with E-state index in [0.29, 0.717) is 0 Å². The Kier molecular flexibility index (Phi) is 3.74. The number of carbonyl (C=O) groups is 2. The third kappa shape index (κ3) is 4.11. The molecule has 2 rings (SSSR count). The first kappa shape index (κ1) is 14.2. The van der Waals surface area contributed by atoms with E-state index in [9.17, 15) is 9.59 Å². The van der Waals surface area contributed by atoms with Crippen LogP contribution in [0.4, 0.5) is 4.79 Å². The van der Waals surface area contributed by atoms with Crippen molar-refractivity contribution in [2.75, 3.05) is 0 Å². The zero-order valence-corrected chi connectivity index (χ0v) is 11.8. The third-order valence-corrected chi connectivity index (χ3v) is 3.95. The van der Waals surface area contributed by atoms with Gasteiger partial charge in [0.05, 0.1) is 6.42 Å². The smallest absolute Gasteiger partial charge is 0.407 e. The molecule has 0 heterocycles. The molecule has 5 heteroatoms. The molecule has 1 amide bonds. The van der Waals surface area contributed by atoms with Crippen LogP contribution in [0.5, 0.6) is 0 Å². The number of ether oxygens (including phenoxy) is 1. The van der Waals surface area contributed by atoms with E-state index in [1.165, 1.54) is 6.42 Å². The van der Waals surface area contributed by atoms with Crippen molar-refractivity contribution in [1.29, 1.82) is 0 Å². The van der Waals surface area contributed by atoms with E-state index in [1.807, 2.05) is 0 Å².